The monoisotopic (exact) mass is 440 g/mol. The molecule has 8 nitrogen and oxygen atoms in total. The molecule has 2 aliphatic heterocycles. The molecule has 0 aromatic heterocycles. The first kappa shape index (κ1) is 22.1. The van der Waals surface area contributed by atoms with Crippen molar-refractivity contribution in [2.24, 2.45) is 0 Å². The van der Waals surface area contributed by atoms with Crippen molar-refractivity contribution in [1.29, 1.82) is 0 Å². The number of benzene rings is 2. The fraction of sp³-hybridized carbons (Fsp3) is 0.417. The normalized spacial score (nSPS) is 14.4. The SMILES string of the molecule is CN(CCCCN(C)C(=O)c1ccc2c(c1)COCO2)C(=O)c1ccc2c(c1)COCO2. The van der Waals surface area contributed by atoms with Crippen LogP contribution in [0.3, 0.4) is 0 Å². The number of rotatable bonds is 7. The predicted molar refractivity (Wildman–Crippen MR) is 117 cm³/mol. The third-order valence-corrected chi connectivity index (χ3v) is 5.66. The first-order chi connectivity index (χ1) is 15.5. The number of hydrogen-bond acceptors (Lipinski definition) is 6. The van der Waals surface area contributed by atoms with Crippen molar-refractivity contribution in [3.8, 4) is 11.5 Å². The van der Waals surface area contributed by atoms with Gasteiger partial charge in [0.1, 0.15) is 11.5 Å². The minimum atomic E-state index is -0.0405. The summed E-state index contributed by atoms with van der Waals surface area (Å²) in [5, 5.41) is 0. The van der Waals surface area contributed by atoms with E-state index in [2.05, 4.69) is 0 Å². The van der Waals surface area contributed by atoms with Gasteiger partial charge >= 0.3 is 0 Å². The van der Waals surface area contributed by atoms with Crippen molar-refractivity contribution in [2.45, 2.75) is 26.1 Å². The lowest BCUT2D eigenvalue weighted by Crippen LogP contribution is -2.30. The van der Waals surface area contributed by atoms with E-state index in [1.807, 2.05) is 24.3 Å². The zero-order chi connectivity index (χ0) is 22.5. The molecule has 4 rings (SSSR count). The van der Waals surface area contributed by atoms with Crippen molar-refractivity contribution < 1.29 is 28.5 Å². The second-order valence-corrected chi connectivity index (χ2v) is 8.03. The van der Waals surface area contributed by atoms with Gasteiger partial charge in [-0.05, 0) is 49.2 Å². The number of nitrogens with zero attached hydrogens (tertiary/aromatic N) is 2. The van der Waals surface area contributed by atoms with Gasteiger partial charge in [-0.25, -0.2) is 0 Å². The van der Waals surface area contributed by atoms with Gasteiger partial charge < -0.3 is 28.7 Å². The van der Waals surface area contributed by atoms with Gasteiger partial charge in [0.05, 0.1) is 13.2 Å². The highest BCUT2D eigenvalue weighted by Gasteiger charge is 2.18. The molecule has 0 fully saturated rings. The van der Waals surface area contributed by atoms with Gasteiger partial charge in [-0.1, -0.05) is 0 Å². The summed E-state index contributed by atoms with van der Waals surface area (Å²) in [4.78, 5) is 28.9. The molecule has 32 heavy (non-hydrogen) atoms. The second-order valence-electron chi connectivity index (χ2n) is 8.03. The third kappa shape index (κ3) is 5.03. The molecule has 0 unspecified atom stereocenters. The average molecular weight is 440 g/mol. The van der Waals surface area contributed by atoms with Gasteiger partial charge in [0.2, 0.25) is 0 Å². The number of fused-ring (bicyclic) bond motifs is 2. The predicted octanol–water partition coefficient (Wildman–Crippen LogP) is 3.04. The molecule has 0 radical (unpaired) electrons. The molecule has 0 saturated carbocycles. The minimum absolute atomic E-state index is 0.0405. The van der Waals surface area contributed by atoms with Crippen LogP contribution in [-0.4, -0.2) is 62.4 Å². The highest BCUT2D eigenvalue weighted by molar-refractivity contribution is 5.95. The Kier molecular flexibility index (Phi) is 6.92. The standard InChI is InChI=1S/C24H28N2O6/c1-25(23(27)17-5-7-21-19(11-17)13-29-15-31-21)9-3-4-10-26(2)24(28)18-6-8-22-20(12-18)14-30-16-32-22/h5-8,11-12H,3-4,9-10,13-16H2,1-2H3. The van der Waals surface area contributed by atoms with E-state index < -0.39 is 0 Å². The van der Waals surface area contributed by atoms with E-state index in [1.54, 1.807) is 36.0 Å². The van der Waals surface area contributed by atoms with Crippen LogP contribution >= 0.6 is 0 Å². The molecular formula is C24H28N2O6. The Morgan fingerprint density at radius 2 is 1.19 bits per heavy atom. The highest BCUT2D eigenvalue weighted by atomic mass is 16.7. The molecule has 0 saturated heterocycles. The molecule has 2 aromatic rings. The van der Waals surface area contributed by atoms with E-state index in [-0.39, 0.29) is 25.4 Å². The highest BCUT2D eigenvalue weighted by Crippen LogP contribution is 2.26. The van der Waals surface area contributed by atoms with Crippen LogP contribution in [-0.2, 0) is 22.7 Å². The first-order valence-electron chi connectivity index (χ1n) is 10.7. The summed E-state index contributed by atoms with van der Waals surface area (Å²) >= 11 is 0. The van der Waals surface area contributed by atoms with E-state index in [0.717, 1.165) is 35.5 Å². The summed E-state index contributed by atoms with van der Waals surface area (Å²) in [7, 11) is 3.59. The van der Waals surface area contributed by atoms with Gasteiger partial charge in [-0.2, -0.15) is 0 Å². The number of amides is 2. The zero-order valence-corrected chi connectivity index (χ0v) is 18.5. The lowest BCUT2D eigenvalue weighted by molar-refractivity contribution is -0.0165. The fourth-order valence-corrected chi connectivity index (χ4v) is 3.79. The molecule has 0 spiro atoms. The molecule has 2 aromatic carbocycles. The van der Waals surface area contributed by atoms with Gasteiger partial charge in [0.25, 0.3) is 11.8 Å². The van der Waals surface area contributed by atoms with Gasteiger partial charge in [-0.3, -0.25) is 9.59 Å². The smallest absolute Gasteiger partial charge is 0.253 e. The van der Waals surface area contributed by atoms with Crippen molar-refractivity contribution in [3.05, 3.63) is 58.7 Å². The van der Waals surface area contributed by atoms with Gasteiger partial charge in [-0.15, -0.1) is 0 Å². The topological polar surface area (TPSA) is 77.5 Å². The van der Waals surface area contributed by atoms with Crippen LogP contribution in [0.4, 0.5) is 0 Å². The molecule has 0 aliphatic carbocycles. The molecule has 0 N–H and O–H groups in total. The van der Waals surface area contributed by atoms with Crippen LogP contribution in [0.25, 0.3) is 0 Å². The molecule has 2 heterocycles. The summed E-state index contributed by atoms with van der Waals surface area (Å²) in [6, 6.07) is 10.9. The van der Waals surface area contributed by atoms with Crippen molar-refractivity contribution >= 4 is 11.8 Å². The van der Waals surface area contributed by atoms with Crippen LogP contribution in [0.2, 0.25) is 0 Å². The van der Waals surface area contributed by atoms with E-state index in [1.165, 1.54) is 0 Å². The Balaban J connectivity index is 1.23. The Bertz CT molecular complexity index is 913. The second kappa shape index (κ2) is 10.0. The molecule has 170 valence electrons. The quantitative estimate of drug-likeness (QED) is 0.616. The Hall–Kier alpha value is -3.10. The largest absolute Gasteiger partial charge is 0.467 e. The minimum Gasteiger partial charge on any atom is -0.467 e. The number of carbonyl (C=O) groups excluding carboxylic acids is 2. The number of unbranched alkanes of at least 4 members (excludes halogenated alkanes) is 1. The average Bonchev–Trinajstić information content (AvgIpc) is 2.84. The summed E-state index contributed by atoms with van der Waals surface area (Å²) in [5.41, 5.74) is 3.01. The fourth-order valence-electron chi connectivity index (χ4n) is 3.79. The maximum Gasteiger partial charge on any atom is 0.253 e. The summed E-state index contributed by atoms with van der Waals surface area (Å²) in [5.74, 6) is 1.45. The van der Waals surface area contributed by atoms with E-state index in [9.17, 15) is 9.59 Å². The lowest BCUT2D eigenvalue weighted by Gasteiger charge is -2.22. The van der Waals surface area contributed by atoms with Crippen LogP contribution < -0.4 is 9.47 Å². The third-order valence-electron chi connectivity index (χ3n) is 5.66. The Morgan fingerprint density at radius 1 is 0.750 bits per heavy atom. The van der Waals surface area contributed by atoms with Gasteiger partial charge in [0, 0.05) is 49.4 Å². The first-order valence-corrected chi connectivity index (χ1v) is 10.7. The molecule has 2 amide bonds. The van der Waals surface area contributed by atoms with Crippen molar-refractivity contribution in [1.82, 2.24) is 9.80 Å². The number of hydrogen-bond donors (Lipinski definition) is 0. The molecule has 8 heteroatoms. The van der Waals surface area contributed by atoms with Crippen LogP contribution in [0, 0.1) is 0 Å². The Morgan fingerprint density at radius 3 is 1.62 bits per heavy atom. The maximum atomic E-state index is 12.7. The van der Waals surface area contributed by atoms with Gasteiger partial charge in [0.15, 0.2) is 13.6 Å². The summed E-state index contributed by atoms with van der Waals surface area (Å²) in [6.07, 6.45) is 1.59. The molecule has 0 atom stereocenters. The molecular weight excluding hydrogens is 412 g/mol. The summed E-state index contributed by atoms with van der Waals surface area (Å²) in [6.45, 7) is 2.60. The molecule has 0 bridgehead atoms. The summed E-state index contributed by atoms with van der Waals surface area (Å²) < 4.78 is 21.4. The van der Waals surface area contributed by atoms with E-state index >= 15 is 0 Å². The van der Waals surface area contributed by atoms with E-state index in [0.29, 0.717) is 37.4 Å². The van der Waals surface area contributed by atoms with E-state index in [4.69, 9.17) is 18.9 Å². The number of carbonyl (C=O) groups is 2. The van der Waals surface area contributed by atoms with Crippen molar-refractivity contribution in [3.63, 3.8) is 0 Å². The lowest BCUT2D eigenvalue weighted by atomic mass is 10.1. The maximum absolute atomic E-state index is 12.7. The zero-order valence-electron chi connectivity index (χ0n) is 18.5. The Labute approximate surface area is 187 Å². The van der Waals surface area contributed by atoms with Crippen molar-refractivity contribution in [2.75, 3.05) is 40.8 Å². The van der Waals surface area contributed by atoms with Crippen LogP contribution in [0.5, 0.6) is 11.5 Å². The number of ether oxygens (including phenoxy) is 4. The van der Waals surface area contributed by atoms with Crippen LogP contribution in [0.1, 0.15) is 44.7 Å². The van der Waals surface area contributed by atoms with Crippen LogP contribution in [0.15, 0.2) is 36.4 Å². The molecule has 2 aliphatic rings.